The summed E-state index contributed by atoms with van der Waals surface area (Å²) in [7, 11) is 0. The molecule has 2 aliphatic rings. The third-order valence-electron chi connectivity index (χ3n) is 6.67. The van der Waals surface area contributed by atoms with Crippen molar-refractivity contribution in [2.75, 3.05) is 36.9 Å². The highest BCUT2D eigenvalue weighted by Crippen LogP contribution is 2.43. The molecule has 2 unspecified atom stereocenters. The number of para-hydroxylation sites is 1. The van der Waals surface area contributed by atoms with Gasteiger partial charge in [-0.25, -0.2) is 0 Å². The molecule has 172 valence electrons. The Hall–Kier alpha value is -1.98. The minimum atomic E-state index is 0.294. The molecule has 0 radical (unpaired) electrons. The molecule has 33 heavy (non-hydrogen) atoms. The van der Waals surface area contributed by atoms with Crippen LogP contribution >= 0.6 is 23.4 Å². The number of fused-ring (bicyclic) bond motifs is 1. The Balaban J connectivity index is 1.39. The third kappa shape index (κ3) is 5.58. The van der Waals surface area contributed by atoms with Gasteiger partial charge in [0.15, 0.2) is 0 Å². The largest absolute Gasteiger partial charge is 0.375 e. The molecular formula is C28H31ClN2OS. The van der Waals surface area contributed by atoms with E-state index in [2.05, 4.69) is 82.6 Å². The molecule has 0 amide bonds. The lowest BCUT2D eigenvalue weighted by Gasteiger charge is -2.42. The number of hydrogen-bond donors (Lipinski definition) is 0. The van der Waals surface area contributed by atoms with Gasteiger partial charge in [-0.05, 0) is 61.3 Å². The summed E-state index contributed by atoms with van der Waals surface area (Å²) < 4.78 is 6.29. The summed E-state index contributed by atoms with van der Waals surface area (Å²) in [4.78, 5) is 6.60. The van der Waals surface area contributed by atoms with Crippen LogP contribution in [0.15, 0.2) is 83.8 Å². The Bertz CT molecular complexity index is 1040. The molecule has 1 fully saturated rings. The van der Waals surface area contributed by atoms with Crippen molar-refractivity contribution in [1.82, 2.24) is 4.90 Å². The van der Waals surface area contributed by atoms with Crippen LogP contribution < -0.4 is 4.90 Å². The van der Waals surface area contributed by atoms with Crippen molar-refractivity contribution >= 4 is 29.1 Å². The first kappa shape index (κ1) is 22.8. The zero-order valence-electron chi connectivity index (χ0n) is 18.9. The van der Waals surface area contributed by atoms with Crippen molar-refractivity contribution in [2.24, 2.45) is 0 Å². The smallest absolute Gasteiger partial charge is 0.0717 e. The van der Waals surface area contributed by atoms with Gasteiger partial charge in [-0.1, -0.05) is 66.2 Å². The van der Waals surface area contributed by atoms with Gasteiger partial charge in [0.1, 0.15) is 0 Å². The number of thioether (sulfide) groups is 1. The number of benzene rings is 3. The lowest BCUT2D eigenvalue weighted by atomic mass is 10.0. The second-order valence-corrected chi connectivity index (χ2v) is 10.4. The lowest BCUT2D eigenvalue weighted by molar-refractivity contribution is 0.0610. The number of hydrogen-bond acceptors (Lipinski definition) is 4. The van der Waals surface area contributed by atoms with E-state index in [1.54, 1.807) is 0 Å². The number of anilines is 1. The Labute approximate surface area is 206 Å². The molecule has 3 nitrogen and oxygen atoms in total. The number of likely N-dealkylation sites (tertiary alicyclic amines) is 1. The average Bonchev–Trinajstić information content (AvgIpc) is 3.39. The van der Waals surface area contributed by atoms with Crippen LogP contribution in [0.2, 0.25) is 5.02 Å². The molecule has 0 bridgehead atoms. The van der Waals surface area contributed by atoms with Gasteiger partial charge >= 0.3 is 0 Å². The molecule has 3 aromatic rings. The van der Waals surface area contributed by atoms with Crippen molar-refractivity contribution in [3.8, 4) is 0 Å². The van der Waals surface area contributed by atoms with Gasteiger partial charge < -0.3 is 9.64 Å². The fourth-order valence-electron chi connectivity index (χ4n) is 4.95. The van der Waals surface area contributed by atoms with E-state index in [0.717, 1.165) is 37.0 Å². The first-order chi connectivity index (χ1) is 16.3. The quantitative estimate of drug-likeness (QED) is 0.359. The normalized spacial score (nSPS) is 19.4. The highest BCUT2D eigenvalue weighted by Gasteiger charge is 2.32. The molecule has 0 N–H and O–H groups in total. The Morgan fingerprint density at radius 3 is 2.55 bits per heavy atom. The first-order valence-electron chi connectivity index (χ1n) is 11.9. The molecule has 0 saturated carbocycles. The van der Waals surface area contributed by atoms with Crippen LogP contribution in [0.4, 0.5) is 5.69 Å². The minimum Gasteiger partial charge on any atom is -0.375 e. The molecule has 0 spiro atoms. The average molecular weight is 479 g/mol. The van der Waals surface area contributed by atoms with Crippen LogP contribution in [0.3, 0.4) is 0 Å². The number of rotatable bonds is 8. The van der Waals surface area contributed by atoms with E-state index in [4.69, 9.17) is 16.3 Å². The summed E-state index contributed by atoms with van der Waals surface area (Å²) in [6.45, 7) is 4.67. The highest BCUT2D eigenvalue weighted by atomic mass is 35.5. The molecule has 5 rings (SSSR count). The van der Waals surface area contributed by atoms with Crippen LogP contribution in [-0.4, -0.2) is 42.9 Å². The van der Waals surface area contributed by atoms with E-state index in [0.29, 0.717) is 18.7 Å². The SMILES string of the molecule is Clc1cccc(C2CSc3ccccc3N2CC(COCc2ccccc2)N2CCCC2)c1. The van der Waals surface area contributed by atoms with Crippen molar-refractivity contribution in [3.05, 3.63) is 95.0 Å². The van der Waals surface area contributed by atoms with Gasteiger partial charge in [0.2, 0.25) is 0 Å². The first-order valence-corrected chi connectivity index (χ1v) is 13.2. The maximum atomic E-state index is 6.39. The third-order valence-corrected chi connectivity index (χ3v) is 8.04. The van der Waals surface area contributed by atoms with E-state index in [1.807, 2.05) is 17.8 Å². The van der Waals surface area contributed by atoms with E-state index >= 15 is 0 Å². The molecular weight excluding hydrogens is 448 g/mol. The van der Waals surface area contributed by atoms with Gasteiger partial charge in [0.05, 0.1) is 31.0 Å². The fraction of sp³-hybridized carbons (Fsp3) is 0.357. The minimum absolute atomic E-state index is 0.294. The van der Waals surface area contributed by atoms with Crippen molar-refractivity contribution < 1.29 is 4.74 Å². The number of halogens is 1. The monoisotopic (exact) mass is 478 g/mol. The molecule has 0 aliphatic carbocycles. The zero-order valence-corrected chi connectivity index (χ0v) is 20.5. The van der Waals surface area contributed by atoms with Crippen LogP contribution in [0.1, 0.15) is 30.0 Å². The predicted octanol–water partition coefficient (Wildman–Crippen LogP) is 6.67. The van der Waals surface area contributed by atoms with Crippen molar-refractivity contribution in [3.63, 3.8) is 0 Å². The maximum absolute atomic E-state index is 6.39. The van der Waals surface area contributed by atoms with Crippen molar-refractivity contribution in [2.45, 2.75) is 36.4 Å². The van der Waals surface area contributed by atoms with E-state index < -0.39 is 0 Å². The molecule has 2 aliphatic heterocycles. The van der Waals surface area contributed by atoms with Crippen LogP contribution in [0.25, 0.3) is 0 Å². The Morgan fingerprint density at radius 2 is 1.73 bits per heavy atom. The molecule has 3 aromatic carbocycles. The Kier molecular flexibility index (Phi) is 7.57. The molecule has 2 heterocycles. The van der Waals surface area contributed by atoms with Gasteiger partial charge in [0.25, 0.3) is 0 Å². The number of ether oxygens (including phenoxy) is 1. The van der Waals surface area contributed by atoms with Gasteiger partial charge in [-0.3, -0.25) is 4.90 Å². The molecule has 5 heteroatoms. The predicted molar refractivity (Wildman–Crippen MR) is 139 cm³/mol. The summed E-state index contributed by atoms with van der Waals surface area (Å²) in [6, 6.07) is 28.3. The summed E-state index contributed by atoms with van der Waals surface area (Å²) in [5.41, 5.74) is 3.84. The van der Waals surface area contributed by atoms with Gasteiger partial charge in [-0.15, -0.1) is 11.8 Å². The summed E-state index contributed by atoms with van der Waals surface area (Å²) in [6.07, 6.45) is 2.55. The molecule has 1 saturated heterocycles. The number of nitrogens with zero attached hydrogens (tertiary/aromatic N) is 2. The topological polar surface area (TPSA) is 15.7 Å². The lowest BCUT2D eigenvalue weighted by Crippen LogP contribution is -2.48. The zero-order chi connectivity index (χ0) is 22.5. The molecule has 2 atom stereocenters. The highest BCUT2D eigenvalue weighted by molar-refractivity contribution is 7.99. The summed E-state index contributed by atoms with van der Waals surface area (Å²) in [5.74, 6) is 1.02. The second kappa shape index (κ2) is 11.0. The van der Waals surface area contributed by atoms with Crippen LogP contribution in [0.5, 0.6) is 0 Å². The maximum Gasteiger partial charge on any atom is 0.0717 e. The van der Waals surface area contributed by atoms with E-state index in [9.17, 15) is 0 Å². The van der Waals surface area contributed by atoms with Crippen LogP contribution in [-0.2, 0) is 11.3 Å². The summed E-state index contributed by atoms with van der Waals surface area (Å²) >= 11 is 8.34. The van der Waals surface area contributed by atoms with Gasteiger partial charge in [0, 0.05) is 22.2 Å². The van der Waals surface area contributed by atoms with E-state index in [1.165, 1.54) is 34.6 Å². The standard InChI is InChI=1S/C28H31ClN2OS/c29-24-12-8-11-23(17-24)27-21-33-28-14-5-4-13-26(28)31(27)18-25(30-15-6-7-16-30)20-32-19-22-9-2-1-3-10-22/h1-5,8-14,17,25,27H,6-7,15-16,18-21H2. The fourth-order valence-corrected chi connectivity index (χ4v) is 6.37. The van der Waals surface area contributed by atoms with Gasteiger partial charge in [-0.2, -0.15) is 0 Å². The molecule has 0 aromatic heterocycles. The Morgan fingerprint density at radius 1 is 0.939 bits per heavy atom. The second-order valence-electron chi connectivity index (χ2n) is 8.90. The van der Waals surface area contributed by atoms with Crippen molar-refractivity contribution in [1.29, 1.82) is 0 Å². The summed E-state index contributed by atoms with van der Waals surface area (Å²) in [5, 5.41) is 0.804. The van der Waals surface area contributed by atoms with Crippen LogP contribution in [0, 0.1) is 0 Å². The van der Waals surface area contributed by atoms with E-state index in [-0.39, 0.29) is 0 Å².